The van der Waals surface area contributed by atoms with Crippen LogP contribution in [0.5, 0.6) is 0 Å². The fourth-order valence-electron chi connectivity index (χ4n) is 2.22. The van der Waals surface area contributed by atoms with E-state index >= 15 is 0 Å². The summed E-state index contributed by atoms with van der Waals surface area (Å²) >= 11 is 5.67. The summed E-state index contributed by atoms with van der Waals surface area (Å²) in [5, 5.41) is 0. The maximum Gasteiger partial charge on any atom is 0.150 e. The van der Waals surface area contributed by atoms with E-state index < -0.39 is 0 Å². The molecule has 1 aromatic rings. The maximum absolute atomic E-state index is 11.7. The van der Waals surface area contributed by atoms with E-state index in [0.29, 0.717) is 0 Å². The third kappa shape index (κ3) is 5.68. The van der Waals surface area contributed by atoms with Crippen LogP contribution in [0.2, 0.25) is 0 Å². The summed E-state index contributed by atoms with van der Waals surface area (Å²) < 4.78 is 0. The predicted octanol–water partition coefficient (Wildman–Crippen LogP) is 4.62. The molecular formula is C16H23ClO. The Morgan fingerprint density at radius 2 is 1.83 bits per heavy atom. The van der Waals surface area contributed by atoms with Crippen molar-refractivity contribution in [2.45, 2.75) is 45.4 Å². The summed E-state index contributed by atoms with van der Waals surface area (Å²) in [6.45, 7) is 2.16. The number of hydrogen-bond acceptors (Lipinski definition) is 1. The van der Waals surface area contributed by atoms with Gasteiger partial charge >= 0.3 is 0 Å². The minimum atomic E-state index is 0.166. The van der Waals surface area contributed by atoms with Crippen molar-refractivity contribution in [3.05, 3.63) is 35.9 Å². The number of Topliss-reactive ketones (excluding diaryl/α,β-unsaturated/α-hetero) is 1. The molecule has 0 bridgehead atoms. The van der Waals surface area contributed by atoms with Gasteiger partial charge in [-0.05, 0) is 31.2 Å². The number of aryl methyl sites for hydroxylation is 1. The molecule has 0 N–H and O–H groups in total. The zero-order valence-corrected chi connectivity index (χ0v) is 12.0. The first-order valence-corrected chi connectivity index (χ1v) is 7.44. The first kappa shape index (κ1) is 15.2. The highest BCUT2D eigenvalue weighted by atomic mass is 35.5. The number of carbonyl (C=O) groups is 1. The van der Waals surface area contributed by atoms with Gasteiger partial charge in [0.1, 0.15) is 0 Å². The molecule has 0 spiro atoms. The van der Waals surface area contributed by atoms with Gasteiger partial charge in [0, 0.05) is 5.92 Å². The Bertz CT molecular complexity index is 334. The lowest BCUT2D eigenvalue weighted by atomic mass is 9.91. The molecule has 0 aliphatic rings. The third-order valence-corrected chi connectivity index (χ3v) is 3.62. The van der Waals surface area contributed by atoms with Crippen molar-refractivity contribution in [2.75, 3.05) is 5.88 Å². The highest BCUT2D eigenvalue weighted by molar-refractivity contribution is 6.27. The fraction of sp³-hybridized carbons (Fsp3) is 0.562. The van der Waals surface area contributed by atoms with E-state index in [-0.39, 0.29) is 17.6 Å². The van der Waals surface area contributed by atoms with Gasteiger partial charge in [-0.25, -0.2) is 0 Å². The van der Waals surface area contributed by atoms with E-state index in [4.69, 9.17) is 11.6 Å². The number of carbonyl (C=O) groups excluding carboxylic acids is 1. The second-order valence-corrected chi connectivity index (χ2v) is 5.08. The Labute approximate surface area is 116 Å². The largest absolute Gasteiger partial charge is 0.298 e. The molecule has 1 nitrogen and oxygen atoms in total. The van der Waals surface area contributed by atoms with E-state index in [0.717, 1.165) is 38.5 Å². The van der Waals surface area contributed by atoms with E-state index in [1.165, 1.54) is 5.56 Å². The number of hydrogen-bond donors (Lipinski definition) is 0. The molecule has 0 aliphatic carbocycles. The van der Waals surface area contributed by atoms with E-state index in [1.54, 1.807) is 0 Å². The van der Waals surface area contributed by atoms with Crippen molar-refractivity contribution < 1.29 is 4.79 Å². The molecule has 0 amide bonds. The molecule has 0 aromatic heterocycles. The lowest BCUT2D eigenvalue weighted by molar-refractivity contribution is -0.120. The standard InChI is InChI=1S/C16H23ClO/c1-2-3-11-15(16(18)13-17)12-7-10-14-8-5-4-6-9-14/h4-6,8-9,15H,2-3,7,10-13H2,1H3. The summed E-state index contributed by atoms with van der Waals surface area (Å²) in [6.07, 6.45) is 6.36. The van der Waals surface area contributed by atoms with Gasteiger partial charge in [0.05, 0.1) is 5.88 Å². The number of halogens is 1. The molecule has 1 rings (SSSR count). The van der Waals surface area contributed by atoms with Crippen molar-refractivity contribution >= 4 is 17.4 Å². The van der Waals surface area contributed by atoms with E-state index in [2.05, 4.69) is 31.2 Å². The average molecular weight is 267 g/mol. The summed E-state index contributed by atoms with van der Waals surface area (Å²) in [6, 6.07) is 10.4. The zero-order valence-electron chi connectivity index (χ0n) is 11.2. The summed E-state index contributed by atoms with van der Waals surface area (Å²) in [4.78, 5) is 11.7. The Hall–Kier alpha value is -0.820. The summed E-state index contributed by atoms with van der Waals surface area (Å²) in [5.41, 5.74) is 1.35. The van der Waals surface area contributed by atoms with Crippen LogP contribution in [0.4, 0.5) is 0 Å². The number of alkyl halides is 1. The number of benzene rings is 1. The highest BCUT2D eigenvalue weighted by Gasteiger charge is 2.16. The molecule has 1 unspecified atom stereocenters. The van der Waals surface area contributed by atoms with Crippen LogP contribution < -0.4 is 0 Å². The van der Waals surface area contributed by atoms with Crippen molar-refractivity contribution in [3.63, 3.8) is 0 Å². The molecule has 100 valence electrons. The predicted molar refractivity (Wildman–Crippen MR) is 78.1 cm³/mol. The van der Waals surface area contributed by atoms with Crippen LogP contribution >= 0.6 is 11.6 Å². The number of rotatable bonds is 9. The summed E-state index contributed by atoms with van der Waals surface area (Å²) in [7, 11) is 0. The van der Waals surface area contributed by atoms with Crippen LogP contribution in [0.25, 0.3) is 0 Å². The molecule has 0 saturated heterocycles. The molecule has 1 aromatic carbocycles. The Morgan fingerprint density at radius 1 is 1.17 bits per heavy atom. The van der Waals surface area contributed by atoms with Crippen molar-refractivity contribution in [2.24, 2.45) is 5.92 Å². The van der Waals surface area contributed by atoms with Crippen LogP contribution in [-0.4, -0.2) is 11.7 Å². The van der Waals surface area contributed by atoms with Gasteiger partial charge in [-0.2, -0.15) is 0 Å². The molecule has 18 heavy (non-hydrogen) atoms. The Balaban J connectivity index is 2.35. The van der Waals surface area contributed by atoms with Crippen molar-refractivity contribution in [3.8, 4) is 0 Å². The first-order chi connectivity index (χ1) is 8.77. The normalized spacial score (nSPS) is 12.3. The van der Waals surface area contributed by atoms with Gasteiger partial charge in [-0.15, -0.1) is 11.6 Å². The van der Waals surface area contributed by atoms with Crippen LogP contribution in [0.1, 0.15) is 44.6 Å². The lowest BCUT2D eigenvalue weighted by Crippen LogP contribution is -2.16. The van der Waals surface area contributed by atoms with Gasteiger partial charge in [-0.3, -0.25) is 4.79 Å². The summed E-state index contributed by atoms with van der Waals surface area (Å²) in [5.74, 6) is 0.559. The Morgan fingerprint density at radius 3 is 2.44 bits per heavy atom. The van der Waals surface area contributed by atoms with Crippen LogP contribution in [0.15, 0.2) is 30.3 Å². The van der Waals surface area contributed by atoms with Gasteiger partial charge in [0.15, 0.2) is 5.78 Å². The van der Waals surface area contributed by atoms with Crippen molar-refractivity contribution in [1.82, 2.24) is 0 Å². The highest BCUT2D eigenvalue weighted by Crippen LogP contribution is 2.18. The molecular weight excluding hydrogens is 244 g/mol. The van der Waals surface area contributed by atoms with E-state index in [1.807, 2.05) is 6.07 Å². The molecule has 2 heteroatoms. The average Bonchev–Trinajstić information content (AvgIpc) is 2.43. The van der Waals surface area contributed by atoms with Crippen LogP contribution in [-0.2, 0) is 11.2 Å². The molecule has 0 saturated carbocycles. The van der Waals surface area contributed by atoms with Crippen LogP contribution in [0.3, 0.4) is 0 Å². The van der Waals surface area contributed by atoms with Gasteiger partial charge in [-0.1, -0.05) is 50.1 Å². The topological polar surface area (TPSA) is 17.1 Å². The lowest BCUT2D eigenvalue weighted by Gasteiger charge is -2.13. The molecule has 0 heterocycles. The number of unbranched alkanes of at least 4 members (excludes halogenated alkanes) is 1. The SMILES string of the molecule is CCCCC(CCCc1ccccc1)C(=O)CCl. The zero-order chi connectivity index (χ0) is 13.2. The second kappa shape index (κ2) is 9.16. The minimum absolute atomic E-state index is 0.166. The first-order valence-electron chi connectivity index (χ1n) is 6.90. The van der Waals surface area contributed by atoms with Crippen molar-refractivity contribution in [1.29, 1.82) is 0 Å². The van der Waals surface area contributed by atoms with E-state index in [9.17, 15) is 4.79 Å². The Kier molecular flexibility index (Phi) is 7.75. The van der Waals surface area contributed by atoms with Crippen LogP contribution in [0, 0.1) is 5.92 Å². The maximum atomic E-state index is 11.7. The van der Waals surface area contributed by atoms with Gasteiger partial charge < -0.3 is 0 Å². The number of ketones is 1. The molecule has 0 fully saturated rings. The quantitative estimate of drug-likeness (QED) is 0.596. The smallest absolute Gasteiger partial charge is 0.150 e. The fourth-order valence-corrected chi connectivity index (χ4v) is 2.44. The molecule has 0 radical (unpaired) electrons. The van der Waals surface area contributed by atoms with Gasteiger partial charge in [0.2, 0.25) is 0 Å². The molecule has 0 aliphatic heterocycles. The van der Waals surface area contributed by atoms with Gasteiger partial charge in [0.25, 0.3) is 0 Å². The molecule has 1 atom stereocenters. The minimum Gasteiger partial charge on any atom is -0.298 e. The third-order valence-electron chi connectivity index (χ3n) is 3.35. The monoisotopic (exact) mass is 266 g/mol. The second-order valence-electron chi connectivity index (χ2n) is 4.82.